The molecule has 0 aromatic carbocycles. The number of aromatic nitrogens is 2. The minimum atomic E-state index is -1.03. The summed E-state index contributed by atoms with van der Waals surface area (Å²) >= 11 is 7.69. The molecule has 2 aliphatic heterocycles. The number of fused-ring (bicyclic) bond motifs is 1. The lowest BCUT2D eigenvalue weighted by atomic mass is 10.1. The summed E-state index contributed by atoms with van der Waals surface area (Å²) in [5.41, 5.74) is 1.09. The molecule has 0 spiro atoms. The van der Waals surface area contributed by atoms with Crippen LogP contribution in [0.25, 0.3) is 10.6 Å². The zero-order valence-electron chi connectivity index (χ0n) is 14.3. The molecular formula is C17H17ClN4O4S. The van der Waals surface area contributed by atoms with Gasteiger partial charge in [-0.25, -0.2) is 9.97 Å². The highest BCUT2D eigenvalue weighted by atomic mass is 35.5. The Morgan fingerprint density at radius 3 is 2.93 bits per heavy atom. The summed E-state index contributed by atoms with van der Waals surface area (Å²) < 4.78 is 5.35. The molecule has 10 heteroatoms. The zero-order valence-corrected chi connectivity index (χ0v) is 15.8. The maximum atomic E-state index is 12.4. The molecule has 2 aliphatic rings. The van der Waals surface area contributed by atoms with Crippen molar-refractivity contribution in [2.45, 2.75) is 25.4 Å². The Kier molecular flexibility index (Phi) is 4.98. The van der Waals surface area contributed by atoms with Crippen molar-refractivity contribution < 1.29 is 19.4 Å². The van der Waals surface area contributed by atoms with Crippen molar-refractivity contribution in [1.29, 1.82) is 0 Å². The molecule has 0 aliphatic carbocycles. The molecular weight excluding hydrogens is 392 g/mol. The minimum Gasteiger partial charge on any atom is -0.480 e. The second-order valence-electron chi connectivity index (χ2n) is 6.42. The van der Waals surface area contributed by atoms with Crippen molar-refractivity contribution in [3.8, 4) is 10.6 Å². The van der Waals surface area contributed by atoms with Gasteiger partial charge in [-0.3, -0.25) is 9.59 Å². The third kappa shape index (κ3) is 3.76. The van der Waals surface area contributed by atoms with E-state index in [4.69, 9.17) is 21.4 Å². The van der Waals surface area contributed by atoms with Gasteiger partial charge in [0, 0.05) is 24.1 Å². The third-order valence-corrected chi connectivity index (χ3v) is 5.92. The first kappa shape index (κ1) is 18.1. The number of carbonyl (C=O) groups is 2. The number of hydrogen-bond donors (Lipinski definition) is 2. The van der Waals surface area contributed by atoms with E-state index in [1.807, 2.05) is 0 Å². The highest BCUT2D eigenvalue weighted by Gasteiger charge is 2.32. The van der Waals surface area contributed by atoms with Gasteiger partial charge in [0.25, 0.3) is 5.91 Å². The van der Waals surface area contributed by atoms with Crippen LogP contribution in [-0.4, -0.2) is 57.7 Å². The number of carboxylic acid groups (broad SMARTS) is 1. The molecule has 0 atom stereocenters. The van der Waals surface area contributed by atoms with Crippen molar-refractivity contribution in [3.05, 3.63) is 27.7 Å². The van der Waals surface area contributed by atoms with Crippen LogP contribution < -0.4 is 5.32 Å². The highest BCUT2D eigenvalue weighted by molar-refractivity contribution is 7.16. The standard InChI is InChI=1S/C17H17ClN4O4S/c18-11-6-19-17(20-9-1-3-26-4-2-9)21-15(11)12-5-10-13(27-12)7-22(16(10)25)8-14(23)24/h5-6,9H,1-4,7-8H2,(H,23,24)(H,19,20,21). The molecule has 2 aromatic heterocycles. The molecule has 4 heterocycles. The van der Waals surface area contributed by atoms with E-state index in [0.717, 1.165) is 22.6 Å². The molecule has 142 valence electrons. The quantitative estimate of drug-likeness (QED) is 0.783. The van der Waals surface area contributed by atoms with Crippen LogP contribution in [0, 0.1) is 0 Å². The number of nitrogens with zero attached hydrogens (tertiary/aromatic N) is 3. The van der Waals surface area contributed by atoms with Crippen molar-refractivity contribution in [3.63, 3.8) is 0 Å². The van der Waals surface area contributed by atoms with Crippen LogP contribution >= 0.6 is 22.9 Å². The van der Waals surface area contributed by atoms with Gasteiger partial charge in [0.05, 0.1) is 28.2 Å². The van der Waals surface area contributed by atoms with Crippen LogP contribution in [0.3, 0.4) is 0 Å². The number of carboxylic acids is 1. The predicted molar refractivity (Wildman–Crippen MR) is 100 cm³/mol. The monoisotopic (exact) mass is 408 g/mol. The van der Waals surface area contributed by atoms with Crippen LogP contribution in [0.4, 0.5) is 5.95 Å². The molecule has 1 saturated heterocycles. The molecule has 1 fully saturated rings. The average Bonchev–Trinajstić information content (AvgIpc) is 3.17. The van der Waals surface area contributed by atoms with Crippen molar-refractivity contribution in [1.82, 2.24) is 14.9 Å². The van der Waals surface area contributed by atoms with E-state index in [0.29, 0.717) is 42.0 Å². The van der Waals surface area contributed by atoms with Crippen molar-refractivity contribution in [2.75, 3.05) is 25.1 Å². The van der Waals surface area contributed by atoms with Crippen molar-refractivity contribution in [2.24, 2.45) is 0 Å². The van der Waals surface area contributed by atoms with Gasteiger partial charge in [-0.1, -0.05) is 11.6 Å². The largest absolute Gasteiger partial charge is 0.480 e. The summed E-state index contributed by atoms with van der Waals surface area (Å²) in [5, 5.41) is 12.6. The number of hydrogen-bond acceptors (Lipinski definition) is 7. The van der Waals surface area contributed by atoms with Gasteiger partial charge in [-0.05, 0) is 18.9 Å². The first-order valence-electron chi connectivity index (χ1n) is 8.52. The van der Waals surface area contributed by atoms with Gasteiger partial charge in [0.1, 0.15) is 12.2 Å². The van der Waals surface area contributed by atoms with Crippen LogP contribution in [0.1, 0.15) is 28.1 Å². The lowest BCUT2D eigenvalue weighted by Gasteiger charge is -2.23. The number of ether oxygens (including phenoxy) is 1. The van der Waals surface area contributed by atoms with Crippen molar-refractivity contribution >= 4 is 40.8 Å². The summed E-state index contributed by atoms with van der Waals surface area (Å²) in [6.07, 6.45) is 3.33. The fraction of sp³-hybridized carbons (Fsp3) is 0.412. The molecule has 0 unspecified atom stereocenters. The molecule has 27 heavy (non-hydrogen) atoms. The second-order valence-corrected chi connectivity index (χ2v) is 7.97. The molecule has 1 amide bonds. The maximum Gasteiger partial charge on any atom is 0.323 e. The SMILES string of the molecule is O=C(O)CN1Cc2sc(-c3nc(NC4CCOCC4)ncc3Cl)cc2C1=O. The Morgan fingerprint density at radius 2 is 2.22 bits per heavy atom. The van der Waals surface area contributed by atoms with Gasteiger partial charge in [0.15, 0.2) is 0 Å². The van der Waals surface area contributed by atoms with E-state index in [9.17, 15) is 9.59 Å². The van der Waals surface area contributed by atoms with Crippen LogP contribution in [0.5, 0.6) is 0 Å². The molecule has 8 nitrogen and oxygen atoms in total. The fourth-order valence-electron chi connectivity index (χ4n) is 3.18. The Hall–Kier alpha value is -2.23. The van der Waals surface area contributed by atoms with Gasteiger partial charge >= 0.3 is 5.97 Å². The number of aliphatic carboxylic acids is 1. The first-order valence-corrected chi connectivity index (χ1v) is 9.71. The minimum absolute atomic E-state index is 0.257. The molecule has 0 bridgehead atoms. The summed E-state index contributed by atoms with van der Waals surface area (Å²) in [5.74, 6) is -0.810. The average molecular weight is 409 g/mol. The van der Waals surface area contributed by atoms with Gasteiger partial charge in [-0.2, -0.15) is 0 Å². The number of thiophene rings is 1. The lowest BCUT2D eigenvalue weighted by Crippen LogP contribution is -2.29. The number of carbonyl (C=O) groups excluding carboxylic acids is 1. The Balaban J connectivity index is 1.56. The molecule has 0 radical (unpaired) electrons. The normalized spacial score (nSPS) is 17.2. The van der Waals surface area contributed by atoms with E-state index in [2.05, 4.69) is 15.3 Å². The van der Waals surface area contributed by atoms with E-state index in [1.165, 1.54) is 16.2 Å². The Labute approximate surface area is 164 Å². The van der Waals surface area contributed by atoms with E-state index in [1.54, 1.807) is 12.3 Å². The van der Waals surface area contributed by atoms with E-state index >= 15 is 0 Å². The number of halogens is 1. The molecule has 2 N–H and O–H groups in total. The zero-order chi connectivity index (χ0) is 19.0. The van der Waals surface area contributed by atoms with Gasteiger partial charge < -0.3 is 20.1 Å². The molecule has 0 saturated carbocycles. The fourth-order valence-corrected chi connectivity index (χ4v) is 4.60. The first-order chi connectivity index (χ1) is 13.0. The molecule has 2 aromatic rings. The number of rotatable bonds is 5. The Bertz CT molecular complexity index is 897. The third-order valence-electron chi connectivity index (χ3n) is 4.52. The van der Waals surface area contributed by atoms with Gasteiger partial charge in [0.2, 0.25) is 5.95 Å². The lowest BCUT2D eigenvalue weighted by molar-refractivity contribution is -0.137. The number of nitrogens with one attached hydrogen (secondary N) is 1. The number of anilines is 1. The van der Waals surface area contributed by atoms with E-state index < -0.39 is 5.97 Å². The van der Waals surface area contributed by atoms with Crippen LogP contribution in [0.15, 0.2) is 12.3 Å². The van der Waals surface area contributed by atoms with Crippen LogP contribution in [-0.2, 0) is 16.1 Å². The second kappa shape index (κ2) is 7.41. The molecule has 4 rings (SSSR count). The van der Waals surface area contributed by atoms with Crippen LogP contribution in [0.2, 0.25) is 5.02 Å². The summed E-state index contributed by atoms with van der Waals surface area (Å²) in [6.45, 7) is 1.42. The summed E-state index contributed by atoms with van der Waals surface area (Å²) in [6, 6.07) is 1.99. The predicted octanol–water partition coefficient (Wildman–Crippen LogP) is 2.49. The topological polar surface area (TPSA) is 105 Å². The van der Waals surface area contributed by atoms with Gasteiger partial charge in [-0.15, -0.1) is 11.3 Å². The van der Waals surface area contributed by atoms with E-state index in [-0.39, 0.29) is 18.5 Å². The summed E-state index contributed by atoms with van der Waals surface area (Å²) in [7, 11) is 0. The summed E-state index contributed by atoms with van der Waals surface area (Å²) in [4.78, 5) is 34.9. The Morgan fingerprint density at radius 1 is 1.44 bits per heavy atom. The highest BCUT2D eigenvalue weighted by Crippen LogP contribution is 2.38. The maximum absolute atomic E-state index is 12.4. The number of amides is 1. The smallest absolute Gasteiger partial charge is 0.323 e.